The van der Waals surface area contributed by atoms with Crippen molar-refractivity contribution in [1.29, 1.82) is 0 Å². The first-order valence-corrected chi connectivity index (χ1v) is 7.17. The van der Waals surface area contributed by atoms with Crippen molar-refractivity contribution in [2.24, 2.45) is 0 Å². The maximum atomic E-state index is 11.5. The fourth-order valence-corrected chi connectivity index (χ4v) is 3.94. The Bertz CT molecular complexity index is 504. The first kappa shape index (κ1) is 13.6. The van der Waals surface area contributed by atoms with Gasteiger partial charge in [-0.25, -0.2) is 0 Å². The lowest BCUT2D eigenvalue weighted by atomic mass is 9.90. The van der Waals surface area contributed by atoms with Crippen LogP contribution < -0.4 is 0 Å². The van der Waals surface area contributed by atoms with Crippen LogP contribution in [0.2, 0.25) is 0 Å². The Hall–Kier alpha value is -1.39. The lowest BCUT2D eigenvalue weighted by molar-refractivity contribution is -0.191. The van der Waals surface area contributed by atoms with Crippen molar-refractivity contribution in [3.63, 3.8) is 0 Å². The first-order valence-electron chi connectivity index (χ1n) is 7.17. The topological polar surface area (TPSA) is 49.8 Å². The molecule has 2 fully saturated rings. The van der Waals surface area contributed by atoms with E-state index in [1.54, 1.807) is 0 Å². The van der Waals surface area contributed by atoms with Crippen molar-refractivity contribution < 1.29 is 14.6 Å². The molecule has 4 heteroatoms. The van der Waals surface area contributed by atoms with E-state index in [0.717, 1.165) is 12.8 Å². The van der Waals surface area contributed by atoms with Crippen LogP contribution in [0.3, 0.4) is 0 Å². The Labute approximate surface area is 119 Å². The molecule has 0 aromatic heterocycles. The molecule has 0 amide bonds. The summed E-state index contributed by atoms with van der Waals surface area (Å²) in [6.45, 7) is 1.44. The second-order valence-corrected chi connectivity index (χ2v) is 6.03. The van der Waals surface area contributed by atoms with Crippen LogP contribution in [0.4, 0.5) is 0 Å². The molecule has 1 N–H and O–H groups in total. The summed E-state index contributed by atoms with van der Waals surface area (Å²) in [7, 11) is 2.00. The van der Waals surface area contributed by atoms with Gasteiger partial charge in [0.25, 0.3) is 0 Å². The normalized spacial score (nSPS) is 36.9. The largest absolute Gasteiger partial charge is 0.444 e. The number of rotatable bonds is 2. The molecule has 0 radical (unpaired) electrons. The van der Waals surface area contributed by atoms with Crippen LogP contribution in [0, 0.1) is 0 Å². The van der Waals surface area contributed by atoms with Gasteiger partial charge in [-0.2, -0.15) is 0 Å². The summed E-state index contributed by atoms with van der Waals surface area (Å²) in [6.07, 6.45) is 1.60. The van der Waals surface area contributed by atoms with Crippen molar-refractivity contribution in [1.82, 2.24) is 4.90 Å². The minimum atomic E-state index is -0.644. The Morgan fingerprint density at radius 1 is 1.35 bits per heavy atom. The third kappa shape index (κ3) is 2.13. The molecule has 1 aromatic carbocycles. The van der Waals surface area contributed by atoms with Crippen LogP contribution in [0.15, 0.2) is 30.3 Å². The molecule has 3 rings (SSSR count). The van der Waals surface area contributed by atoms with Crippen LogP contribution >= 0.6 is 0 Å². The molecule has 2 aliphatic heterocycles. The highest BCUT2D eigenvalue weighted by Gasteiger charge is 2.57. The number of likely N-dealkylation sites (N-methyl/N-ethyl adjacent to an activating group) is 1. The molecule has 0 saturated carbocycles. The van der Waals surface area contributed by atoms with Crippen molar-refractivity contribution in [3.05, 3.63) is 35.9 Å². The second-order valence-electron chi connectivity index (χ2n) is 6.03. The third-order valence-electron chi connectivity index (χ3n) is 4.77. The van der Waals surface area contributed by atoms with Gasteiger partial charge in [-0.3, -0.25) is 9.69 Å². The van der Waals surface area contributed by atoms with Crippen LogP contribution in [0.25, 0.3) is 0 Å². The molecule has 2 saturated heterocycles. The molecule has 20 heavy (non-hydrogen) atoms. The first-order chi connectivity index (χ1) is 9.52. The van der Waals surface area contributed by atoms with Crippen LogP contribution in [0.5, 0.6) is 0 Å². The Morgan fingerprint density at radius 2 is 2.05 bits per heavy atom. The van der Waals surface area contributed by atoms with Crippen molar-refractivity contribution in [2.75, 3.05) is 7.05 Å². The number of piperidine rings is 1. The van der Waals surface area contributed by atoms with Gasteiger partial charge in [0.05, 0.1) is 6.10 Å². The lowest BCUT2D eigenvalue weighted by Crippen LogP contribution is -2.54. The third-order valence-corrected chi connectivity index (χ3v) is 4.77. The van der Waals surface area contributed by atoms with E-state index in [2.05, 4.69) is 17.0 Å². The number of esters is 1. The summed E-state index contributed by atoms with van der Waals surface area (Å²) in [5.74, 6) is 0.0242. The van der Waals surface area contributed by atoms with Crippen LogP contribution in [-0.2, 0) is 9.53 Å². The summed E-state index contributed by atoms with van der Waals surface area (Å²) in [4.78, 5) is 13.6. The number of carbonyl (C=O) groups excluding carboxylic acids is 1. The standard InChI is InChI=1S/C16H21NO3/c1-11(18)20-16-9-13(19)8-15(17(16)2)14(10-16)12-6-4-3-5-7-12/h3-7,13-15,19H,8-10H2,1-2H3/t13?,14?,15-,16-/m1/s1. The predicted molar refractivity (Wildman–Crippen MR) is 75.1 cm³/mol. The van der Waals surface area contributed by atoms with Gasteiger partial charge in [0.15, 0.2) is 5.72 Å². The smallest absolute Gasteiger partial charge is 0.304 e. The molecular formula is C16H21NO3. The van der Waals surface area contributed by atoms with Crippen molar-refractivity contribution in [2.45, 2.75) is 50.0 Å². The summed E-state index contributed by atoms with van der Waals surface area (Å²) in [5, 5.41) is 10.1. The molecule has 2 aliphatic rings. The molecule has 4 nitrogen and oxygen atoms in total. The van der Waals surface area contributed by atoms with Crippen molar-refractivity contribution in [3.8, 4) is 0 Å². The van der Waals surface area contributed by atoms with Gasteiger partial charge in [-0.15, -0.1) is 0 Å². The zero-order valence-corrected chi connectivity index (χ0v) is 12.0. The van der Waals surface area contributed by atoms with Gasteiger partial charge in [0.1, 0.15) is 0 Å². The van der Waals surface area contributed by atoms with E-state index in [9.17, 15) is 9.90 Å². The number of aliphatic hydroxyl groups is 1. The van der Waals surface area contributed by atoms with Gasteiger partial charge in [0.2, 0.25) is 0 Å². The maximum Gasteiger partial charge on any atom is 0.304 e. The Kier molecular flexibility index (Phi) is 3.30. The number of benzene rings is 1. The highest BCUT2D eigenvalue weighted by atomic mass is 16.6. The van der Waals surface area contributed by atoms with E-state index in [1.165, 1.54) is 12.5 Å². The Morgan fingerprint density at radius 3 is 2.70 bits per heavy atom. The highest BCUT2D eigenvalue weighted by molar-refractivity contribution is 5.66. The highest BCUT2D eigenvalue weighted by Crippen LogP contribution is 2.50. The molecule has 0 aliphatic carbocycles. The zero-order chi connectivity index (χ0) is 14.3. The van der Waals surface area contributed by atoms with E-state index < -0.39 is 11.8 Å². The minimum Gasteiger partial charge on any atom is -0.444 e. The van der Waals surface area contributed by atoms with Gasteiger partial charge in [-0.1, -0.05) is 30.3 Å². The fraction of sp³-hybridized carbons (Fsp3) is 0.562. The average molecular weight is 275 g/mol. The molecule has 2 heterocycles. The molecule has 108 valence electrons. The summed E-state index contributed by atoms with van der Waals surface area (Å²) < 4.78 is 5.63. The Balaban J connectivity index is 1.95. The van der Waals surface area contributed by atoms with E-state index >= 15 is 0 Å². The molecule has 0 spiro atoms. The fourth-order valence-electron chi connectivity index (χ4n) is 3.94. The second kappa shape index (κ2) is 4.86. The molecule has 2 unspecified atom stereocenters. The number of hydrogen-bond acceptors (Lipinski definition) is 4. The van der Waals surface area contributed by atoms with Crippen molar-refractivity contribution >= 4 is 5.97 Å². The van der Waals surface area contributed by atoms with Crippen LogP contribution in [0.1, 0.15) is 37.7 Å². The molecule has 2 bridgehead atoms. The van der Waals surface area contributed by atoms with E-state index in [4.69, 9.17) is 4.74 Å². The predicted octanol–water partition coefficient (Wildman–Crippen LogP) is 1.89. The number of fused-ring (bicyclic) bond motifs is 2. The zero-order valence-electron chi connectivity index (χ0n) is 12.0. The molecule has 4 atom stereocenters. The number of nitrogens with zero attached hydrogens (tertiary/aromatic N) is 1. The number of carbonyl (C=O) groups is 1. The van der Waals surface area contributed by atoms with E-state index in [1.807, 2.05) is 25.2 Å². The van der Waals surface area contributed by atoms with Gasteiger partial charge in [0, 0.05) is 31.7 Å². The quantitative estimate of drug-likeness (QED) is 0.837. The maximum absolute atomic E-state index is 11.5. The summed E-state index contributed by atoms with van der Waals surface area (Å²) in [5.41, 5.74) is 0.613. The van der Waals surface area contributed by atoms with Gasteiger partial charge < -0.3 is 9.84 Å². The van der Waals surface area contributed by atoms with Gasteiger partial charge >= 0.3 is 5.97 Å². The van der Waals surface area contributed by atoms with Gasteiger partial charge in [-0.05, 0) is 19.0 Å². The molecule has 1 aromatic rings. The number of hydrogen-bond donors (Lipinski definition) is 1. The van der Waals surface area contributed by atoms with E-state index in [-0.39, 0.29) is 12.0 Å². The van der Waals surface area contributed by atoms with E-state index in [0.29, 0.717) is 12.3 Å². The summed E-state index contributed by atoms with van der Waals surface area (Å²) >= 11 is 0. The average Bonchev–Trinajstić information content (AvgIpc) is 2.57. The SMILES string of the molecule is CC(=O)O[C@]12CC(O)C[C@H](C(c3ccccc3)C1)N2C. The molecular weight excluding hydrogens is 254 g/mol. The number of aliphatic hydroxyl groups excluding tert-OH is 1. The minimum absolute atomic E-state index is 0.223. The van der Waals surface area contributed by atoms with Crippen LogP contribution in [-0.4, -0.2) is 40.9 Å². The monoisotopic (exact) mass is 275 g/mol. The summed E-state index contributed by atoms with van der Waals surface area (Å²) in [6, 6.07) is 10.5. The number of ether oxygens (including phenoxy) is 1. The lowest BCUT2D eigenvalue weighted by Gasteiger charge is -2.43.